The van der Waals surface area contributed by atoms with Gasteiger partial charge in [-0.1, -0.05) is 30.3 Å². The number of nitrogens with two attached hydrogens (primary N) is 1. The molecule has 2 heterocycles. The molecule has 0 amide bonds. The maximum Gasteiger partial charge on any atom is 0.355 e. The van der Waals surface area contributed by atoms with Crippen molar-refractivity contribution in [1.29, 1.82) is 5.26 Å². The highest BCUT2D eigenvalue weighted by molar-refractivity contribution is 7.98. The van der Waals surface area contributed by atoms with Crippen molar-refractivity contribution in [1.82, 2.24) is 9.97 Å². The number of benzene rings is 2. The van der Waals surface area contributed by atoms with Crippen LogP contribution < -0.4 is 20.1 Å². The third-order valence-electron chi connectivity index (χ3n) is 6.22. The highest BCUT2D eigenvalue weighted by atomic mass is 32.2. The molecule has 1 aromatic heterocycles. The molecule has 0 saturated heterocycles. The molecule has 1 aliphatic heterocycles. The Hall–Kier alpha value is -5.02. The molecular weight excluding hydrogens is 546 g/mol. The third-order valence-corrected chi connectivity index (χ3v) is 7.22. The van der Waals surface area contributed by atoms with Crippen LogP contribution in [0.4, 0.5) is 5.69 Å². The molecule has 0 bridgehead atoms. The summed E-state index contributed by atoms with van der Waals surface area (Å²) in [5, 5.41) is 10.2. The van der Waals surface area contributed by atoms with Crippen LogP contribution in [0.3, 0.4) is 0 Å². The van der Waals surface area contributed by atoms with Crippen molar-refractivity contribution in [2.75, 3.05) is 33.3 Å². The summed E-state index contributed by atoms with van der Waals surface area (Å²) in [5.41, 5.74) is 7.48. The third kappa shape index (κ3) is 5.95. The number of rotatable bonds is 9. The van der Waals surface area contributed by atoms with E-state index in [1.54, 1.807) is 48.5 Å². The number of ether oxygens (including phenoxy) is 4. The van der Waals surface area contributed by atoms with Gasteiger partial charge in [0.15, 0.2) is 0 Å². The second kappa shape index (κ2) is 12.9. The van der Waals surface area contributed by atoms with E-state index in [1.165, 1.54) is 45.1 Å². The Labute approximate surface area is 241 Å². The SMILES string of the molecule is COC(=O)C1=C(C(=O)OC)N(c2ccc(SCc3nc(OC)cc(OC)n3)cc2)C(N)=C(C#N)C1c1ccccc1. The molecule has 41 heavy (non-hydrogen) atoms. The molecule has 11 nitrogen and oxygen atoms in total. The van der Waals surface area contributed by atoms with Crippen LogP contribution in [-0.4, -0.2) is 50.3 Å². The average molecular weight is 574 g/mol. The van der Waals surface area contributed by atoms with Crippen molar-refractivity contribution in [2.45, 2.75) is 16.6 Å². The summed E-state index contributed by atoms with van der Waals surface area (Å²) < 4.78 is 20.6. The average Bonchev–Trinajstić information content (AvgIpc) is 3.02. The predicted octanol–water partition coefficient (Wildman–Crippen LogP) is 3.68. The maximum atomic E-state index is 13.2. The molecule has 3 aromatic rings. The molecule has 0 fully saturated rings. The van der Waals surface area contributed by atoms with Crippen LogP contribution in [0.25, 0.3) is 0 Å². The van der Waals surface area contributed by atoms with Crippen LogP contribution >= 0.6 is 11.8 Å². The minimum Gasteiger partial charge on any atom is -0.481 e. The lowest BCUT2D eigenvalue weighted by Crippen LogP contribution is -2.40. The van der Waals surface area contributed by atoms with E-state index in [-0.39, 0.29) is 22.7 Å². The van der Waals surface area contributed by atoms with Crippen LogP contribution in [-0.2, 0) is 24.8 Å². The number of thioether (sulfide) groups is 1. The highest BCUT2D eigenvalue weighted by Gasteiger charge is 2.42. The number of nitrogens with zero attached hydrogens (tertiary/aromatic N) is 4. The number of hydrogen-bond donors (Lipinski definition) is 1. The van der Waals surface area contributed by atoms with E-state index in [4.69, 9.17) is 24.7 Å². The van der Waals surface area contributed by atoms with Crippen molar-refractivity contribution in [2.24, 2.45) is 5.73 Å². The summed E-state index contributed by atoms with van der Waals surface area (Å²) in [7, 11) is 5.44. The van der Waals surface area contributed by atoms with Gasteiger partial charge >= 0.3 is 11.9 Å². The van der Waals surface area contributed by atoms with Crippen molar-refractivity contribution in [3.8, 4) is 17.8 Å². The Kier molecular flexibility index (Phi) is 9.11. The maximum absolute atomic E-state index is 13.2. The van der Waals surface area contributed by atoms with Gasteiger partial charge in [0.05, 0.1) is 63.4 Å². The van der Waals surface area contributed by atoms with E-state index in [0.717, 1.165) is 4.90 Å². The zero-order chi connectivity index (χ0) is 29.5. The predicted molar refractivity (Wildman–Crippen MR) is 151 cm³/mol. The lowest BCUT2D eigenvalue weighted by molar-refractivity contribution is -0.139. The number of aromatic nitrogens is 2. The van der Waals surface area contributed by atoms with Gasteiger partial charge in [0.1, 0.15) is 17.3 Å². The fourth-order valence-electron chi connectivity index (χ4n) is 4.34. The summed E-state index contributed by atoms with van der Waals surface area (Å²) in [4.78, 5) is 37.3. The molecular formula is C29H27N5O6S. The number of allylic oxidation sites excluding steroid dienone is 1. The van der Waals surface area contributed by atoms with Crippen LogP contribution in [0.15, 0.2) is 88.2 Å². The summed E-state index contributed by atoms with van der Waals surface area (Å²) in [6.45, 7) is 0. The van der Waals surface area contributed by atoms with E-state index < -0.39 is 17.9 Å². The first-order chi connectivity index (χ1) is 19.9. The zero-order valence-electron chi connectivity index (χ0n) is 22.8. The summed E-state index contributed by atoms with van der Waals surface area (Å²) in [6, 6.07) is 19.6. The molecule has 0 aliphatic carbocycles. The topological polar surface area (TPSA) is 150 Å². The van der Waals surface area contributed by atoms with Crippen molar-refractivity contribution in [3.05, 3.63) is 94.7 Å². The first kappa shape index (κ1) is 29.0. The van der Waals surface area contributed by atoms with E-state index >= 15 is 0 Å². The van der Waals surface area contributed by atoms with Gasteiger partial charge in [-0.2, -0.15) is 15.2 Å². The van der Waals surface area contributed by atoms with Crippen LogP contribution in [0, 0.1) is 11.3 Å². The van der Waals surface area contributed by atoms with Crippen LogP contribution in [0.5, 0.6) is 11.8 Å². The molecule has 2 aromatic carbocycles. The molecule has 1 aliphatic rings. The molecule has 4 rings (SSSR count). The number of esters is 2. The van der Waals surface area contributed by atoms with E-state index in [2.05, 4.69) is 16.0 Å². The normalized spacial score (nSPS) is 14.8. The van der Waals surface area contributed by atoms with Gasteiger partial charge in [-0.25, -0.2) is 9.59 Å². The minimum absolute atomic E-state index is 0.00770. The fourth-order valence-corrected chi connectivity index (χ4v) is 5.10. The minimum atomic E-state index is -0.936. The molecule has 0 radical (unpaired) electrons. The number of carbonyl (C=O) groups is 2. The Morgan fingerprint density at radius 1 is 0.951 bits per heavy atom. The van der Waals surface area contributed by atoms with Gasteiger partial charge in [-0.3, -0.25) is 4.90 Å². The molecule has 2 N–H and O–H groups in total. The summed E-state index contributed by atoms with van der Waals surface area (Å²) >= 11 is 1.46. The van der Waals surface area contributed by atoms with Gasteiger partial charge in [0.2, 0.25) is 11.8 Å². The summed E-state index contributed by atoms with van der Waals surface area (Å²) in [5.74, 6) is -0.820. The zero-order valence-corrected chi connectivity index (χ0v) is 23.6. The largest absolute Gasteiger partial charge is 0.481 e. The first-order valence-corrected chi connectivity index (χ1v) is 13.2. The second-order valence-electron chi connectivity index (χ2n) is 8.49. The second-order valence-corrected chi connectivity index (χ2v) is 9.54. The van der Waals surface area contributed by atoms with E-state index in [1.807, 2.05) is 12.1 Å². The molecule has 1 atom stereocenters. The number of nitriles is 1. The van der Waals surface area contributed by atoms with Gasteiger partial charge in [-0.05, 0) is 29.8 Å². The highest BCUT2D eigenvalue weighted by Crippen LogP contribution is 2.43. The molecule has 0 spiro atoms. The summed E-state index contributed by atoms with van der Waals surface area (Å²) in [6.07, 6.45) is 0. The van der Waals surface area contributed by atoms with Crippen molar-refractivity contribution >= 4 is 29.4 Å². The van der Waals surface area contributed by atoms with Crippen molar-refractivity contribution in [3.63, 3.8) is 0 Å². The number of anilines is 1. The van der Waals surface area contributed by atoms with Gasteiger partial charge in [0, 0.05) is 10.6 Å². The molecule has 1 unspecified atom stereocenters. The lowest BCUT2D eigenvalue weighted by atomic mass is 9.81. The fraction of sp³-hybridized carbons (Fsp3) is 0.207. The van der Waals surface area contributed by atoms with Gasteiger partial charge in [0.25, 0.3) is 0 Å². The monoisotopic (exact) mass is 573 g/mol. The Bertz CT molecular complexity index is 1530. The van der Waals surface area contributed by atoms with E-state index in [9.17, 15) is 14.9 Å². The number of methoxy groups -OCH3 is 4. The van der Waals surface area contributed by atoms with Crippen LogP contribution in [0.2, 0.25) is 0 Å². The van der Waals surface area contributed by atoms with E-state index in [0.29, 0.717) is 34.6 Å². The number of hydrogen-bond acceptors (Lipinski definition) is 12. The van der Waals surface area contributed by atoms with Gasteiger partial charge in [-0.15, -0.1) is 11.8 Å². The quantitative estimate of drug-likeness (QED) is 0.294. The lowest BCUT2D eigenvalue weighted by Gasteiger charge is -2.35. The van der Waals surface area contributed by atoms with Crippen LogP contribution in [0.1, 0.15) is 17.3 Å². The Morgan fingerprint density at radius 2 is 1.56 bits per heavy atom. The first-order valence-electron chi connectivity index (χ1n) is 12.2. The molecule has 210 valence electrons. The Balaban J connectivity index is 1.75. The number of carbonyl (C=O) groups excluding carboxylic acids is 2. The Morgan fingerprint density at radius 3 is 2.10 bits per heavy atom. The molecule has 12 heteroatoms. The smallest absolute Gasteiger partial charge is 0.355 e. The van der Waals surface area contributed by atoms with Gasteiger partial charge < -0.3 is 24.7 Å². The standard InChI is InChI=1S/C29H27N5O6S/c1-37-22-14-23(38-2)33-21(32-22)16-41-19-12-10-18(11-13-19)34-26(29(36)40-4)25(28(35)39-3)24(20(15-30)27(34)31)17-8-6-5-7-9-17/h5-14,24H,16,31H2,1-4H3. The molecule has 0 saturated carbocycles. The van der Waals surface area contributed by atoms with Crippen molar-refractivity contribution < 1.29 is 28.5 Å².